The average molecular weight is 251 g/mol. The van der Waals surface area contributed by atoms with Gasteiger partial charge in [-0.1, -0.05) is 11.3 Å². The van der Waals surface area contributed by atoms with Crippen molar-refractivity contribution < 1.29 is 9.47 Å². The van der Waals surface area contributed by atoms with Crippen molar-refractivity contribution in [2.45, 2.75) is 6.54 Å². The van der Waals surface area contributed by atoms with Gasteiger partial charge in [0.05, 0.1) is 14.2 Å². The van der Waals surface area contributed by atoms with E-state index in [4.69, 9.17) is 15.2 Å². The van der Waals surface area contributed by atoms with Crippen LogP contribution >= 0.6 is 11.3 Å². The van der Waals surface area contributed by atoms with Gasteiger partial charge in [0.25, 0.3) is 0 Å². The number of nitrogens with two attached hydrogens (primary N) is 1. The number of benzene rings is 1. The lowest BCUT2D eigenvalue weighted by atomic mass is 10.2. The fraction of sp³-hybridized carbons (Fsp3) is 0.273. The summed E-state index contributed by atoms with van der Waals surface area (Å²) in [5, 5.41) is 9.68. The molecule has 2 rings (SSSR count). The molecular weight excluding hydrogens is 238 g/mol. The summed E-state index contributed by atoms with van der Waals surface area (Å²) >= 11 is 1.47. The molecule has 0 aliphatic rings. The van der Waals surface area contributed by atoms with Gasteiger partial charge >= 0.3 is 0 Å². The molecule has 2 N–H and O–H groups in total. The Bertz CT molecular complexity index is 491. The first kappa shape index (κ1) is 11.8. The Balaban J connectivity index is 2.43. The van der Waals surface area contributed by atoms with Gasteiger partial charge in [0, 0.05) is 18.2 Å². The SMILES string of the molecule is COc1cc(OC)cc(-c2nnc(CN)s2)c1. The van der Waals surface area contributed by atoms with Crippen molar-refractivity contribution in [1.82, 2.24) is 10.2 Å². The van der Waals surface area contributed by atoms with Crippen LogP contribution in [0.4, 0.5) is 0 Å². The third-order valence-corrected chi connectivity index (χ3v) is 3.23. The molecule has 0 amide bonds. The van der Waals surface area contributed by atoms with Crippen molar-refractivity contribution in [1.29, 1.82) is 0 Å². The number of ether oxygens (including phenoxy) is 2. The predicted octanol–water partition coefficient (Wildman–Crippen LogP) is 1.68. The number of nitrogens with zero attached hydrogens (tertiary/aromatic N) is 2. The molecule has 0 unspecified atom stereocenters. The highest BCUT2D eigenvalue weighted by Gasteiger charge is 2.09. The molecule has 1 aromatic heterocycles. The zero-order valence-electron chi connectivity index (χ0n) is 9.64. The Kier molecular flexibility index (Phi) is 3.55. The van der Waals surface area contributed by atoms with Crippen molar-refractivity contribution in [2.24, 2.45) is 5.73 Å². The lowest BCUT2D eigenvalue weighted by Gasteiger charge is -2.06. The van der Waals surface area contributed by atoms with Crippen molar-refractivity contribution in [2.75, 3.05) is 14.2 Å². The van der Waals surface area contributed by atoms with E-state index < -0.39 is 0 Å². The van der Waals surface area contributed by atoms with Crippen molar-refractivity contribution >= 4 is 11.3 Å². The van der Waals surface area contributed by atoms with Gasteiger partial charge in [-0.2, -0.15) is 0 Å². The summed E-state index contributed by atoms with van der Waals surface area (Å²) in [5.74, 6) is 1.45. The topological polar surface area (TPSA) is 70.3 Å². The molecule has 0 saturated carbocycles. The lowest BCUT2D eigenvalue weighted by molar-refractivity contribution is 0.394. The third-order valence-electron chi connectivity index (χ3n) is 2.24. The summed E-state index contributed by atoms with van der Waals surface area (Å²) < 4.78 is 10.4. The highest BCUT2D eigenvalue weighted by Crippen LogP contribution is 2.31. The number of aromatic nitrogens is 2. The Morgan fingerprint density at radius 3 is 2.24 bits per heavy atom. The van der Waals surface area contributed by atoms with E-state index in [0.717, 1.165) is 27.1 Å². The van der Waals surface area contributed by atoms with Crippen LogP contribution in [0.5, 0.6) is 11.5 Å². The van der Waals surface area contributed by atoms with Crippen LogP contribution in [-0.4, -0.2) is 24.4 Å². The molecule has 0 spiro atoms. The molecule has 0 saturated heterocycles. The maximum Gasteiger partial charge on any atom is 0.148 e. The van der Waals surface area contributed by atoms with Crippen molar-refractivity contribution in [3.63, 3.8) is 0 Å². The quantitative estimate of drug-likeness (QED) is 0.895. The molecule has 6 heteroatoms. The first-order valence-corrected chi connectivity index (χ1v) is 5.84. The van der Waals surface area contributed by atoms with Gasteiger partial charge in [0.2, 0.25) is 0 Å². The smallest absolute Gasteiger partial charge is 0.148 e. The van der Waals surface area contributed by atoms with Crippen LogP contribution < -0.4 is 15.2 Å². The minimum atomic E-state index is 0.402. The fourth-order valence-corrected chi connectivity index (χ4v) is 2.09. The van der Waals surface area contributed by atoms with Crippen molar-refractivity contribution in [3.05, 3.63) is 23.2 Å². The molecule has 0 aliphatic heterocycles. The van der Waals surface area contributed by atoms with Gasteiger partial charge < -0.3 is 15.2 Å². The molecule has 0 atom stereocenters. The van der Waals surface area contributed by atoms with Crippen LogP contribution in [0.3, 0.4) is 0 Å². The zero-order valence-corrected chi connectivity index (χ0v) is 10.5. The molecule has 2 aromatic rings. The van der Waals surface area contributed by atoms with E-state index in [1.54, 1.807) is 14.2 Å². The standard InChI is InChI=1S/C11H13N3O2S/c1-15-8-3-7(4-9(5-8)16-2)11-14-13-10(6-12)17-11/h3-5H,6,12H2,1-2H3. The van der Waals surface area contributed by atoms with Gasteiger partial charge in [0.1, 0.15) is 21.5 Å². The van der Waals surface area contributed by atoms with E-state index in [2.05, 4.69) is 10.2 Å². The van der Waals surface area contributed by atoms with Crippen LogP contribution in [-0.2, 0) is 6.54 Å². The van der Waals surface area contributed by atoms with Gasteiger partial charge in [-0.05, 0) is 12.1 Å². The molecule has 17 heavy (non-hydrogen) atoms. The normalized spacial score (nSPS) is 10.3. The number of hydrogen-bond acceptors (Lipinski definition) is 6. The van der Waals surface area contributed by atoms with E-state index in [1.807, 2.05) is 18.2 Å². The van der Waals surface area contributed by atoms with E-state index in [-0.39, 0.29) is 0 Å². The maximum absolute atomic E-state index is 5.51. The summed E-state index contributed by atoms with van der Waals surface area (Å²) in [7, 11) is 3.23. The Morgan fingerprint density at radius 1 is 1.12 bits per heavy atom. The largest absolute Gasteiger partial charge is 0.497 e. The van der Waals surface area contributed by atoms with E-state index in [9.17, 15) is 0 Å². The van der Waals surface area contributed by atoms with Crippen LogP contribution in [0.2, 0.25) is 0 Å². The van der Waals surface area contributed by atoms with Gasteiger partial charge in [0.15, 0.2) is 0 Å². The monoisotopic (exact) mass is 251 g/mol. The zero-order chi connectivity index (χ0) is 12.3. The summed E-state index contributed by atoms with van der Waals surface area (Å²) in [4.78, 5) is 0. The Hall–Kier alpha value is -1.66. The number of hydrogen-bond donors (Lipinski definition) is 1. The molecule has 5 nitrogen and oxygen atoms in total. The molecule has 0 fully saturated rings. The average Bonchev–Trinajstić information content (AvgIpc) is 2.86. The van der Waals surface area contributed by atoms with Crippen molar-refractivity contribution in [3.8, 4) is 22.1 Å². The second-order valence-electron chi connectivity index (χ2n) is 3.31. The van der Waals surface area contributed by atoms with Crippen LogP contribution in [0.1, 0.15) is 5.01 Å². The fourth-order valence-electron chi connectivity index (χ4n) is 1.38. The van der Waals surface area contributed by atoms with Gasteiger partial charge in [-0.15, -0.1) is 10.2 Å². The highest BCUT2D eigenvalue weighted by atomic mass is 32.1. The maximum atomic E-state index is 5.51. The highest BCUT2D eigenvalue weighted by molar-refractivity contribution is 7.14. The second kappa shape index (κ2) is 5.11. The van der Waals surface area contributed by atoms with Crippen LogP contribution in [0.25, 0.3) is 10.6 Å². The molecule has 0 aliphatic carbocycles. The first-order chi connectivity index (χ1) is 8.26. The summed E-state index contributed by atoms with van der Waals surface area (Å²) in [6, 6.07) is 5.60. The van der Waals surface area contributed by atoms with Gasteiger partial charge in [-0.3, -0.25) is 0 Å². The predicted molar refractivity (Wildman–Crippen MR) is 66.3 cm³/mol. The van der Waals surface area contributed by atoms with E-state index in [1.165, 1.54) is 11.3 Å². The molecule has 0 bridgehead atoms. The first-order valence-electron chi connectivity index (χ1n) is 5.02. The molecule has 90 valence electrons. The molecule has 1 heterocycles. The minimum absolute atomic E-state index is 0.402. The Labute approximate surface area is 103 Å². The molecule has 1 aromatic carbocycles. The summed E-state index contributed by atoms with van der Waals surface area (Å²) in [6.07, 6.45) is 0. The molecule has 0 radical (unpaired) electrons. The van der Waals surface area contributed by atoms with Gasteiger partial charge in [-0.25, -0.2) is 0 Å². The molecular formula is C11H13N3O2S. The second-order valence-corrected chi connectivity index (χ2v) is 4.37. The van der Waals surface area contributed by atoms with Crippen LogP contribution in [0, 0.1) is 0 Å². The summed E-state index contributed by atoms with van der Waals surface area (Å²) in [6.45, 7) is 0.402. The van der Waals surface area contributed by atoms with E-state index >= 15 is 0 Å². The lowest BCUT2D eigenvalue weighted by Crippen LogP contribution is -1.94. The minimum Gasteiger partial charge on any atom is -0.497 e. The summed E-state index contributed by atoms with van der Waals surface area (Å²) in [5.41, 5.74) is 6.43. The van der Waals surface area contributed by atoms with E-state index in [0.29, 0.717) is 6.54 Å². The third kappa shape index (κ3) is 2.54. The Morgan fingerprint density at radius 2 is 1.76 bits per heavy atom. The number of methoxy groups -OCH3 is 2. The van der Waals surface area contributed by atoms with Crippen LogP contribution in [0.15, 0.2) is 18.2 Å². The number of rotatable bonds is 4.